The van der Waals surface area contributed by atoms with Crippen molar-refractivity contribution in [2.45, 2.75) is 38.3 Å². The number of fused-ring (bicyclic) bond motifs is 1. The van der Waals surface area contributed by atoms with Crippen molar-refractivity contribution in [3.8, 4) is 17.9 Å². The second kappa shape index (κ2) is 11.2. The van der Waals surface area contributed by atoms with Crippen LogP contribution >= 0.6 is 11.6 Å². The van der Waals surface area contributed by atoms with Gasteiger partial charge < -0.3 is 10.2 Å². The number of nitrogens with one attached hydrogen (secondary N) is 2. The van der Waals surface area contributed by atoms with E-state index < -0.39 is 35.2 Å². The predicted octanol–water partition coefficient (Wildman–Crippen LogP) is 2.67. The van der Waals surface area contributed by atoms with Crippen LogP contribution in [0.25, 0.3) is 0 Å². The molecule has 12 nitrogen and oxygen atoms in total. The van der Waals surface area contributed by atoms with Crippen LogP contribution in [0.2, 0.25) is 5.02 Å². The molecule has 4 heterocycles. The van der Waals surface area contributed by atoms with Crippen LogP contribution in [0.5, 0.6) is 0 Å². The summed E-state index contributed by atoms with van der Waals surface area (Å²) in [4.78, 5) is 66.0. The first-order chi connectivity index (χ1) is 21.5. The molecule has 0 saturated carbocycles. The molecule has 0 bridgehead atoms. The van der Waals surface area contributed by atoms with Gasteiger partial charge in [0.1, 0.15) is 11.6 Å². The lowest BCUT2D eigenvalue weighted by atomic mass is 9.98. The fourth-order valence-corrected chi connectivity index (χ4v) is 5.61. The predicted molar refractivity (Wildman–Crippen MR) is 162 cm³/mol. The number of carbonyl (C=O) groups excluding carboxylic acids is 5. The van der Waals surface area contributed by atoms with E-state index in [0.717, 1.165) is 10.6 Å². The van der Waals surface area contributed by atoms with Gasteiger partial charge in [0.25, 0.3) is 17.7 Å². The van der Waals surface area contributed by atoms with E-state index in [1.54, 1.807) is 56.6 Å². The van der Waals surface area contributed by atoms with Gasteiger partial charge in [0.05, 0.1) is 51.1 Å². The summed E-state index contributed by atoms with van der Waals surface area (Å²) in [6.45, 7) is 4.65. The molecule has 5 amide bonds. The molecule has 0 aliphatic carbocycles. The average Bonchev–Trinajstić information content (AvgIpc) is 3.56. The molecule has 1 unspecified atom stereocenters. The van der Waals surface area contributed by atoms with E-state index in [1.165, 1.54) is 10.7 Å². The Morgan fingerprint density at radius 3 is 2.53 bits per heavy atom. The Balaban J connectivity index is 1.07. The van der Waals surface area contributed by atoms with Crippen molar-refractivity contribution < 1.29 is 24.0 Å². The Morgan fingerprint density at radius 1 is 1.07 bits per heavy atom. The van der Waals surface area contributed by atoms with Gasteiger partial charge in [-0.2, -0.15) is 10.4 Å². The zero-order valence-corrected chi connectivity index (χ0v) is 25.0. The number of nitriles is 1. The SMILES string of the molecule is CC(C)(C(=O)Nc1ccc(C#N)cc1Cl)n1cc(C#CC2CN(c3ccc4c(c3)C(=O)N(C3CCC(=O)NC3=O)C4=O)C2)cn1. The number of halogens is 1. The molecular formula is C32H26ClN7O5. The number of nitrogens with zero attached hydrogens (tertiary/aromatic N) is 5. The molecular weight excluding hydrogens is 598 g/mol. The molecule has 3 aliphatic rings. The number of carbonyl (C=O) groups is 5. The fraction of sp³-hybridized carbons (Fsp3) is 0.281. The third-order valence-corrected chi connectivity index (χ3v) is 8.46. The molecule has 3 aliphatic heterocycles. The maximum Gasteiger partial charge on any atom is 0.262 e. The molecule has 2 N–H and O–H groups in total. The number of hydrogen-bond acceptors (Lipinski definition) is 8. The van der Waals surface area contributed by atoms with Crippen LogP contribution in [-0.4, -0.2) is 63.3 Å². The molecule has 2 fully saturated rings. The first-order valence-corrected chi connectivity index (χ1v) is 14.5. The molecule has 0 spiro atoms. The normalized spacial score (nSPS) is 18.0. The lowest BCUT2D eigenvalue weighted by Crippen LogP contribution is -2.54. The summed E-state index contributed by atoms with van der Waals surface area (Å²) in [6.07, 6.45) is 3.45. The molecule has 3 aromatic rings. The van der Waals surface area contributed by atoms with Crippen molar-refractivity contribution in [1.82, 2.24) is 20.0 Å². The molecule has 226 valence electrons. The standard InChI is InChI=1S/C32H26ClN7O5/c1-32(2,31(45)36-25-8-5-18(13-34)11-24(25)33)39-17-19(14-35-39)3-4-20-15-38(16-20)21-6-7-22-23(12-21)30(44)40(29(22)43)26-9-10-27(41)37-28(26)42/h5-8,11-12,14,17,20,26H,9-10,15-16H2,1-2H3,(H,36,45)(H,37,41,42). The zero-order chi connectivity index (χ0) is 32.0. The van der Waals surface area contributed by atoms with E-state index in [2.05, 4.69) is 27.6 Å². The van der Waals surface area contributed by atoms with Gasteiger partial charge in [0.15, 0.2) is 0 Å². The number of anilines is 2. The van der Waals surface area contributed by atoms with Crippen LogP contribution in [0.1, 0.15) is 58.5 Å². The van der Waals surface area contributed by atoms with Crippen LogP contribution in [0.4, 0.5) is 11.4 Å². The third kappa shape index (κ3) is 5.41. The van der Waals surface area contributed by atoms with Crippen molar-refractivity contribution in [2.75, 3.05) is 23.3 Å². The Kier molecular flexibility index (Phi) is 7.39. The first-order valence-electron chi connectivity index (χ1n) is 14.1. The molecule has 1 atom stereocenters. The molecule has 0 radical (unpaired) electrons. The summed E-state index contributed by atoms with van der Waals surface area (Å²) < 4.78 is 1.53. The lowest BCUT2D eigenvalue weighted by Gasteiger charge is -2.38. The number of aromatic nitrogens is 2. The van der Waals surface area contributed by atoms with Crippen LogP contribution in [0.3, 0.4) is 0 Å². The van der Waals surface area contributed by atoms with Gasteiger partial charge in [0.2, 0.25) is 11.8 Å². The van der Waals surface area contributed by atoms with Gasteiger partial charge in [-0.1, -0.05) is 23.4 Å². The van der Waals surface area contributed by atoms with Gasteiger partial charge in [-0.05, 0) is 56.7 Å². The Morgan fingerprint density at radius 2 is 1.82 bits per heavy atom. The van der Waals surface area contributed by atoms with E-state index >= 15 is 0 Å². The van der Waals surface area contributed by atoms with E-state index in [-0.39, 0.29) is 40.8 Å². The van der Waals surface area contributed by atoms with Crippen molar-refractivity contribution in [1.29, 1.82) is 5.26 Å². The second-order valence-corrected chi connectivity index (χ2v) is 11.9. The summed E-state index contributed by atoms with van der Waals surface area (Å²) in [6, 6.07) is 10.6. The minimum absolute atomic E-state index is 0.0498. The molecule has 2 saturated heterocycles. The number of piperidine rings is 1. The molecule has 13 heteroatoms. The van der Waals surface area contributed by atoms with Crippen molar-refractivity contribution in [3.63, 3.8) is 0 Å². The van der Waals surface area contributed by atoms with Gasteiger partial charge in [-0.25, -0.2) is 0 Å². The lowest BCUT2D eigenvalue weighted by molar-refractivity contribution is -0.136. The highest BCUT2D eigenvalue weighted by Gasteiger charge is 2.45. The average molecular weight is 624 g/mol. The van der Waals surface area contributed by atoms with Gasteiger partial charge in [-0.3, -0.25) is 38.9 Å². The minimum atomic E-state index is -1.06. The van der Waals surface area contributed by atoms with Gasteiger partial charge in [0, 0.05) is 31.4 Å². The summed E-state index contributed by atoms with van der Waals surface area (Å²) in [5, 5.41) is 18.6. The molecule has 6 rings (SSSR count). The van der Waals surface area contributed by atoms with E-state index in [0.29, 0.717) is 29.9 Å². The van der Waals surface area contributed by atoms with Crippen molar-refractivity contribution in [3.05, 3.63) is 76.1 Å². The molecule has 2 aromatic carbocycles. The molecule has 45 heavy (non-hydrogen) atoms. The second-order valence-electron chi connectivity index (χ2n) is 11.5. The Bertz CT molecular complexity index is 1910. The number of benzene rings is 2. The van der Waals surface area contributed by atoms with Crippen molar-refractivity contribution >= 4 is 52.5 Å². The first kappa shape index (κ1) is 29.6. The van der Waals surface area contributed by atoms with Crippen LogP contribution in [0.15, 0.2) is 48.8 Å². The number of hydrogen-bond donors (Lipinski definition) is 2. The van der Waals surface area contributed by atoms with Crippen LogP contribution in [-0.2, 0) is 19.9 Å². The molecule has 1 aromatic heterocycles. The van der Waals surface area contributed by atoms with E-state index in [1.807, 2.05) is 11.0 Å². The van der Waals surface area contributed by atoms with Crippen molar-refractivity contribution in [2.24, 2.45) is 5.92 Å². The summed E-state index contributed by atoms with van der Waals surface area (Å²) >= 11 is 6.21. The smallest absolute Gasteiger partial charge is 0.262 e. The monoisotopic (exact) mass is 623 g/mol. The summed E-state index contributed by atoms with van der Waals surface area (Å²) in [5.41, 5.74) is 1.59. The van der Waals surface area contributed by atoms with Crippen LogP contribution < -0.4 is 15.5 Å². The third-order valence-electron chi connectivity index (χ3n) is 8.15. The van der Waals surface area contributed by atoms with E-state index in [9.17, 15) is 24.0 Å². The summed E-state index contributed by atoms with van der Waals surface area (Å²) in [7, 11) is 0. The number of rotatable bonds is 5. The highest BCUT2D eigenvalue weighted by Crippen LogP contribution is 2.33. The minimum Gasteiger partial charge on any atom is -0.369 e. The Hall–Kier alpha value is -5.46. The Labute approximate surface area is 262 Å². The number of amides is 5. The quantitative estimate of drug-likeness (QED) is 0.324. The maximum absolute atomic E-state index is 13.1. The fourth-order valence-electron chi connectivity index (χ4n) is 5.38. The van der Waals surface area contributed by atoms with Crippen LogP contribution in [0, 0.1) is 29.1 Å². The maximum atomic E-state index is 13.1. The van der Waals surface area contributed by atoms with Gasteiger partial charge in [-0.15, -0.1) is 0 Å². The van der Waals surface area contributed by atoms with E-state index in [4.69, 9.17) is 16.9 Å². The van der Waals surface area contributed by atoms with Gasteiger partial charge >= 0.3 is 0 Å². The zero-order valence-electron chi connectivity index (χ0n) is 24.3. The highest BCUT2D eigenvalue weighted by molar-refractivity contribution is 6.33. The highest BCUT2D eigenvalue weighted by atomic mass is 35.5. The topological polar surface area (TPSA) is 158 Å². The summed E-state index contributed by atoms with van der Waals surface area (Å²) in [5.74, 6) is 3.90. The largest absolute Gasteiger partial charge is 0.369 e. The number of imide groups is 2.